The molecule has 4 aromatic rings. The van der Waals surface area contributed by atoms with Crippen LogP contribution in [0.25, 0.3) is 11.2 Å². The van der Waals surface area contributed by atoms with Crippen LogP contribution in [-0.2, 0) is 16.6 Å². The Hall–Kier alpha value is -3.18. The first-order valence-corrected chi connectivity index (χ1v) is 13.5. The van der Waals surface area contributed by atoms with E-state index in [1.54, 1.807) is 43.3 Å². The summed E-state index contributed by atoms with van der Waals surface area (Å²) in [5, 5.41) is 0.818. The minimum absolute atomic E-state index is 0.0243. The molecule has 194 valence electrons. The second-order valence-electron chi connectivity index (χ2n) is 8.41. The van der Waals surface area contributed by atoms with Crippen LogP contribution in [0, 0.1) is 6.92 Å². The summed E-state index contributed by atoms with van der Waals surface area (Å²) >= 11 is 12.4. The molecule has 0 saturated heterocycles. The Balaban J connectivity index is 1.62. The van der Waals surface area contributed by atoms with E-state index < -0.39 is 10.0 Å². The predicted molar refractivity (Wildman–Crippen MR) is 144 cm³/mol. The zero-order chi connectivity index (χ0) is 26.6. The molecular weight excluding hydrogens is 537 g/mol. The Labute approximate surface area is 225 Å². The summed E-state index contributed by atoms with van der Waals surface area (Å²) in [6.45, 7) is 2.93. The van der Waals surface area contributed by atoms with Crippen molar-refractivity contribution < 1.29 is 17.9 Å². The number of pyridine rings is 1. The lowest BCUT2D eigenvalue weighted by molar-refractivity contribution is 0.260. The second kappa shape index (κ2) is 11.5. The molecule has 0 fully saturated rings. The van der Waals surface area contributed by atoms with Crippen molar-refractivity contribution in [2.45, 2.75) is 18.4 Å². The van der Waals surface area contributed by atoms with E-state index in [0.29, 0.717) is 33.5 Å². The first-order chi connectivity index (χ1) is 17.6. The third kappa shape index (κ3) is 6.58. The molecule has 2 aromatic heterocycles. The number of sulfonamides is 1. The maximum absolute atomic E-state index is 13.2. The molecule has 1 N–H and O–H groups in total. The molecule has 0 atom stereocenters. The zero-order valence-electron chi connectivity index (χ0n) is 20.4. The van der Waals surface area contributed by atoms with Gasteiger partial charge in [-0.15, -0.1) is 0 Å². The average molecular weight is 562 g/mol. The van der Waals surface area contributed by atoms with Gasteiger partial charge in [0.2, 0.25) is 0 Å². The van der Waals surface area contributed by atoms with Gasteiger partial charge in [-0.05, 0) is 56.4 Å². The lowest BCUT2D eigenvalue weighted by Crippen LogP contribution is -2.19. The third-order valence-electron chi connectivity index (χ3n) is 5.35. The Morgan fingerprint density at radius 3 is 2.54 bits per heavy atom. The molecule has 0 aliphatic rings. The van der Waals surface area contributed by atoms with Gasteiger partial charge in [0.05, 0.1) is 9.92 Å². The SMILES string of the molecule is Cc1c(Cl)cccc1S(=O)(=O)Nc1nc2nccnc2cc1OCc1ccc(Cl)c(OCCN(C)C)c1. The third-order valence-corrected chi connectivity index (χ3v) is 7.55. The number of rotatable bonds is 10. The van der Waals surface area contributed by atoms with E-state index in [4.69, 9.17) is 32.7 Å². The number of anilines is 1. The van der Waals surface area contributed by atoms with E-state index in [1.165, 1.54) is 18.5 Å². The fourth-order valence-corrected chi connectivity index (χ4v) is 5.06. The molecule has 4 rings (SSSR count). The van der Waals surface area contributed by atoms with Gasteiger partial charge in [-0.25, -0.2) is 18.4 Å². The Morgan fingerprint density at radius 2 is 1.76 bits per heavy atom. The van der Waals surface area contributed by atoms with Gasteiger partial charge in [-0.1, -0.05) is 35.3 Å². The molecule has 0 unspecified atom stereocenters. The smallest absolute Gasteiger partial charge is 0.263 e. The fraction of sp³-hybridized carbons (Fsp3) is 0.240. The van der Waals surface area contributed by atoms with E-state index in [1.807, 2.05) is 19.0 Å². The molecule has 9 nitrogen and oxygen atoms in total. The number of likely N-dealkylation sites (N-methyl/N-ethyl adjacent to an activating group) is 1. The Kier molecular flexibility index (Phi) is 8.33. The highest BCUT2D eigenvalue weighted by molar-refractivity contribution is 7.92. The van der Waals surface area contributed by atoms with Gasteiger partial charge in [0, 0.05) is 30.0 Å². The van der Waals surface area contributed by atoms with Crippen LogP contribution < -0.4 is 14.2 Å². The lowest BCUT2D eigenvalue weighted by Gasteiger charge is -2.16. The van der Waals surface area contributed by atoms with Crippen LogP contribution in [0.1, 0.15) is 11.1 Å². The van der Waals surface area contributed by atoms with Gasteiger partial charge in [-0.3, -0.25) is 9.71 Å². The maximum Gasteiger partial charge on any atom is 0.263 e. The summed E-state index contributed by atoms with van der Waals surface area (Å²) < 4.78 is 40.8. The standard InChI is InChI=1S/C25H25Cl2N5O4S/c1-16-18(26)5-4-6-23(16)37(33,34)31-25-22(14-20-24(30-25)29-10-9-28-20)36-15-17-7-8-19(27)21(13-17)35-12-11-32(2)3/h4-10,13-14H,11-12,15H2,1-3H3,(H,29,30,31). The van der Waals surface area contributed by atoms with Crippen molar-refractivity contribution in [2.75, 3.05) is 32.0 Å². The predicted octanol–water partition coefficient (Wildman–Crippen LogP) is 4.96. The highest BCUT2D eigenvalue weighted by atomic mass is 35.5. The number of fused-ring (bicyclic) bond motifs is 1. The number of aromatic nitrogens is 3. The number of hydrogen-bond acceptors (Lipinski definition) is 8. The molecule has 0 spiro atoms. The first-order valence-electron chi connectivity index (χ1n) is 11.2. The van der Waals surface area contributed by atoms with Crippen molar-refractivity contribution >= 4 is 50.2 Å². The number of benzene rings is 2. The van der Waals surface area contributed by atoms with Crippen LogP contribution in [0.3, 0.4) is 0 Å². The Morgan fingerprint density at radius 1 is 0.973 bits per heavy atom. The zero-order valence-corrected chi connectivity index (χ0v) is 22.7. The van der Waals surface area contributed by atoms with Crippen molar-refractivity contribution in [2.24, 2.45) is 0 Å². The van der Waals surface area contributed by atoms with Crippen LogP contribution in [-0.4, -0.2) is 55.5 Å². The van der Waals surface area contributed by atoms with Crippen molar-refractivity contribution in [3.05, 3.63) is 76.0 Å². The molecule has 2 heterocycles. The van der Waals surface area contributed by atoms with E-state index in [9.17, 15) is 8.42 Å². The van der Waals surface area contributed by atoms with Crippen molar-refractivity contribution in [3.8, 4) is 11.5 Å². The lowest BCUT2D eigenvalue weighted by atomic mass is 10.2. The molecule has 0 aliphatic heterocycles. The highest BCUT2D eigenvalue weighted by Gasteiger charge is 2.22. The molecule has 37 heavy (non-hydrogen) atoms. The van der Waals surface area contributed by atoms with Crippen molar-refractivity contribution in [3.63, 3.8) is 0 Å². The van der Waals surface area contributed by atoms with E-state index >= 15 is 0 Å². The van der Waals surface area contributed by atoms with Gasteiger partial charge in [0.25, 0.3) is 10.0 Å². The molecule has 2 aromatic carbocycles. The van der Waals surface area contributed by atoms with Gasteiger partial charge in [-0.2, -0.15) is 0 Å². The van der Waals surface area contributed by atoms with Crippen molar-refractivity contribution in [1.29, 1.82) is 0 Å². The number of nitrogens with one attached hydrogen (secondary N) is 1. The monoisotopic (exact) mass is 561 g/mol. The van der Waals surface area contributed by atoms with Crippen LogP contribution >= 0.6 is 23.2 Å². The molecule has 0 radical (unpaired) electrons. The van der Waals surface area contributed by atoms with Crippen molar-refractivity contribution in [1.82, 2.24) is 19.9 Å². The molecule has 0 aliphatic carbocycles. The summed E-state index contributed by atoms with van der Waals surface area (Å²) in [4.78, 5) is 14.8. The maximum atomic E-state index is 13.2. The summed E-state index contributed by atoms with van der Waals surface area (Å²) in [5.41, 5.74) is 1.90. The minimum atomic E-state index is -4.04. The number of ether oxygens (including phenoxy) is 2. The van der Waals surface area contributed by atoms with Crippen LogP contribution in [0.2, 0.25) is 10.0 Å². The summed E-state index contributed by atoms with van der Waals surface area (Å²) in [6, 6.07) is 11.6. The second-order valence-corrected chi connectivity index (χ2v) is 10.9. The number of hydrogen-bond donors (Lipinski definition) is 1. The van der Waals surface area contributed by atoms with Gasteiger partial charge in [0.1, 0.15) is 24.5 Å². The summed E-state index contributed by atoms with van der Waals surface area (Å²) in [5.74, 6) is 0.689. The fourth-order valence-electron chi connectivity index (χ4n) is 3.37. The molecule has 0 bridgehead atoms. The van der Waals surface area contributed by atoms with Crippen LogP contribution in [0.15, 0.2) is 59.8 Å². The molecule has 12 heteroatoms. The summed E-state index contributed by atoms with van der Waals surface area (Å²) in [6.07, 6.45) is 2.99. The topological polar surface area (TPSA) is 107 Å². The number of nitrogens with zero attached hydrogens (tertiary/aromatic N) is 4. The van der Waals surface area contributed by atoms with E-state index in [0.717, 1.165) is 12.1 Å². The van der Waals surface area contributed by atoms with Gasteiger partial charge in [0.15, 0.2) is 17.2 Å². The molecular formula is C25H25Cl2N5O4S. The normalized spacial score (nSPS) is 11.6. The molecule has 0 amide bonds. The average Bonchev–Trinajstić information content (AvgIpc) is 2.85. The minimum Gasteiger partial charge on any atom is -0.491 e. The molecule has 0 saturated carbocycles. The summed E-state index contributed by atoms with van der Waals surface area (Å²) in [7, 11) is -0.127. The first kappa shape index (κ1) is 26.9. The van der Waals surface area contributed by atoms with Gasteiger partial charge >= 0.3 is 0 Å². The van der Waals surface area contributed by atoms with Crippen LogP contribution in [0.5, 0.6) is 11.5 Å². The van der Waals surface area contributed by atoms with E-state index in [2.05, 4.69) is 19.7 Å². The number of halogens is 2. The highest BCUT2D eigenvalue weighted by Crippen LogP contribution is 2.31. The largest absolute Gasteiger partial charge is 0.491 e. The quantitative estimate of drug-likeness (QED) is 0.289. The van der Waals surface area contributed by atoms with E-state index in [-0.39, 0.29) is 28.7 Å². The van der Waals surface area contributed by atoms with Gasteiger partial charge < -0.3 is 14.4 Å². The Bertz CT molecular complexity index is 1530. The van der Waals surface area contributed by atoms with Crippen LogP contribution in [0.4, 0.5) is 5.82 Å².